The molecule has 0 fully saturated rings. The lowest BCUT2D eigenvalue weighted by Gasteiger charge is -2.08. The number of carboxylic acid groups (broad SMARTS) is 1. The van der Waals surface area contributed by atoms with E-state index in [1.54, 1.807) is 18.3 Å². The lowest BCUT2D eigenvalue weighted by molar-refractivity contribution is 0.0690. The Labute approximate surface area is 162 Å². The van der Waals surface area contributed by atoms with E-state index in [1.165, 1.54) is 12.5 Å². The van der Waals surface area contributed by atoms with Gasteiger partial charge in [0.2, 0.25) is 0 Å². The lowest BCUT2D eigenvalue weighted by atomic mass is 9.99. The molecule has 2 aromatic heterocycles. The molecule has 28 heavy (non-hydrogen) atoms. The largest absolute Gasteiger partial charge is 0.476 e. The van der Waals surface area contributed by atoms with Gasteiger partial charge in [0, 0.05) is 24.3 Å². The van der Waals surface area contributed by atoms with Crippen molar-refractivity contribution < 1.29 is 18.3 Å². The molecule has 0 aliphatic carbocycles. The Balaban J connectivity index is 1.90. The first kappa shape index (κ1) is 18.2. The number of sulfone groups is 1. The van der Waals surface area contributed by atoms with Gasteiger partial charge in [0.05, 0.1) is 22.1 Å². The van der Waals surface area contributed by atoms with Gasteiger partial charge in [-0.15, -0.1) is 0 Å². The number of nitrogens with zero attached hydrogens (tertiary/aromatic N) is 2. The highest BCUT2D eigenvalue weighted by molar-refractivity contribution is 7.90. The van der Waals surface area contributed by atoms with E-state index in [2.05, 4.69) is 4.98 Å². The quantitative estimate of drug-likeness (QED) is 0.572. The standard InChI is InChI=1S/C21H18N2O4S/c1-13-9-15(28(2,26)27)8-7-14(13)10-17-16-5-3-4-6-19(16)23-12-18(21(24)25)22-11-20(17)23/h3-9,11-12H,10H2,1-2H3,(H,24,25). The van der Waals surface area contributed by atoms with E-state index in [9.17, 15) is 18.3 Å². The fourth-order valence-corrected chi connectivity index (χ4v) is 4.21. The van der Waals surface area contributed by atoms with E-state index in [4.69, 9.17) is 0 Å². The predicted molar refractivity (Wildman–Crippen MR) is 107 cm³/mol. The van der Waals surface area contributed by atoms with E-state index >= 15 is 0 Å². The maximum atomic E-state index is 11.8. The first-order chi connectivity index (χ1) is 13.3. The molecule has 0 saturated carbocycles. The van der Waals surface area contributed by atoms with Crippen molar-refractivity contribution in [3.8, 4) is 0 Å². The Bertz CT molecular complexity index is 1350. The Kier molecular flexibility index (Phi) is 4.19. The van der Waals surface area contributed by atoms with Crippen LogP contribution in [-0.2, 0) is 16.3 Å². The summed E-state index contributed by atoms with van der Waals surface area (Å²) in [6.45, 7) is 1.89. The number of para-hydroxylation sites is 1. The summed E-state index contributed by atoms with van der Waals surface area (Å²) in [7, 11) is -3.26. The highest BCUT2D eigenvalue weighted by Crippen LogP contribution is 2.30. The summed E-state index contributed by atoms with van der Waals surface area (Å²) in [5.74, 6) is -1.08. The molecule has 142 valence electrons. The van der Waals surface area contributed by atoms with Crippen LogP contribution in [0.15, 0.2) is 59.8 Å². The summed E-state index contributed by atoms with van der Waals surface area (Å²) < 4.78 is 25.4. The minimum Gasteiger partial charge on any atom is -0.476 e. The van der Waals surface area contributed by atoms with Crippen LogP contribution in [0.25, 0.3) is 16.4 Å². The second-order valence-electron chi connectivity index (χ2n) is 6.87. The molecule has 0 saturated heterocycles. The van der Waals surface area contributed by atoms with Crippen LogP contribution in [-0.4, -0.2) is 35.1 Å². The van der Waals surface area contributed by atoms with Crippen LogP contribution in [0.1, 0.15) is 27.2 Å². The zero-order valence-electron chi connectivity index (χ0n) is 15.4. The fourth-order valence-electron chi connectivity index (χ4n) is 3.50. The van der Waals surface area contributed by atoms with Gasteiger partial charge in [-0.3, -0.25) is 0 Å². The molecule has 0 spiro atoms. The van der Waals surface area contributed by atoms with Crippen molar-refractivity contribution in [1.29, 1.82) is 0 Å². The molecule has 0 aliphatic heterocycles. The van der Waals surface area contributed by atoms with Gasteiger partial charge in [-0.25, -0.2) is 18.2 Å². The van der Waals surface area contributed by atoms with E-state index in [0.717, 1.165) is 33.1 Å². The van der Waals surface area contributed by atoms with Crippen molar-refractivity contribution in [2.24, 2.45) is 0 Å². The van der Waals surface area contributed by atoms with Crippen LogP contribution >= 0.6 is 0 Å². The van der Waals surface area contributed by atoms with Crippen molar-refractivity contribution in [3.05, 3.63) is 77.2 Å². The van der Waals surface area contributed by atoms with Gasteiger partial charge in [0.15, 0.2) is 15.5 Å². The maximum Gasteiger partial charge on any atom is 0.356 e. The molecule has 1 N–H and O–H groups in total. The lowest BCUT2D eigenvalue weighted by Crippen LogP contribution is -2.03. The molecule has 4 aromatic rings. The molecular formula is C21H18N2O4S. The molecule has 0 radical (unpaired) electrons. The number of fused-ring (bicyclic) bond motifs is 3. The van der Waals surface area contributed by atoms with Gasteiger partial charge >= 0.3 is 5.97 Å². The second kappa shape index (κ2) is 6.45. The molecule has 0 aliphatic rings. The SMILES string of the molecule is Cc1cc(S(C)(=O)=O)ccc1Cc1c2ccccc2n2cc(C(=O)O)ncc12. The predicted octanol–water partition coefficient (Wildman–Crippen LogP) is 3.49. The topological polar surface area (TPSA) is 88.7 Å². The molecule has 7 heteroatoms. The minimum absolute atomic E-state index is 0.0199. The number of carbonyl (C=O) groups is 1. The number of aromatic carboxylic acids is 1. The number of hydrogen-bond donors (Lipinski definition) is 1. The smallest absolute Gasteiger partial charge is 0.356 e. The van der Waals surface area contributed by atoms with Crippen LogP contribution < -0.4 is 0 Å². The number of benzene rings is 2. The van der Waals surface area contributed by atoms with Crippen LogP contribution in [0.2, 0.25) is 0 Å². The summed E-state index contributed by atoms with van der Waals surface area (Å²) in [4.78, 5) is 15.7. The maximum absolute atomic E-state index is 11.8. The zero-order valence-corrected chi connectivity index (χ0v) is 16.2. The van der Waals surface area contributed by atoms with Crippen molar-refractivity contribution in [2.75, 3.05) is 6.26 Å². The molecular weight excluding hydrogens is 376 g/mol. The summed E-state index contributed by atoms with van der Waals surface area (Å²) in [6.07, 6.45) is 4.89. The molecule has 0 bridgehead atoms. The van der Waals surface area contributed by atoms with Crippen LogP contribution in [0.3, 0.4) is 0 Å². The molecule has 6 nitrogen and oxygen atoms in total. The summed E-state index contributed by atoms with van der Waals surface area (Å²) >= 11 is 0. The number of aryl methyl sites for hydroxylation is 1. The van der Waals surface area contributed by atoms with Gasteiger partial charge in [-0.2, -0.15) is 0 Å². The third-order valence-electron chi connectivity index (χ3n) is 4.96. The Morgan fingerprint density at radius 3 is 2.57 bits per heavy atom. The normalized spacial score (nSPS) is 11.9. The van der Waals surface area contributed by atoms with E-state index < -0.39 is 15.8 Å². The van der Waals surface area contributed by atoms with Crippen molar-refractivity contribution >= 4 is 32.2 Å². The van der Waals surface area contributed by atoms with Crippen LogP contribution in [0.5, 0.6) is 0 Å². The molecule has 2 heterocycles. The first-order valence-corrected chi connectivity index (χ1v) is 10.6. The Hall–Kier alpha value is -3.19. The molecule has 0 atom stereocenters. The van der Waals surface area contributed by atoms with Gasteiger partial charge in [-0.05, 0) is 41.8 Å². The number of hydrogen-bond acceptors (Lipinski definition) is 4. The number of carboxylic acids is 1. The fraction of sp³-hybridized carbons (Fsp3) is 0.143. The van der Waals surface area contributed by atoms with E-state index in [0.29, 0.717) is 11.3 Å². The molecule has 0 amide bonds. The zero-order chi connectivity index (χ0) is 20.1. The number of aromatic nitrogens is 2. The Morgan fingerprint density at radius 1 is 1.14 bits per heavy atom. The van der Waals surface area contributed by atoms with E-state index in [-0.39, 0.29) is 5.69 Å². The van der Waals surface area contributed by atoms with Gasteiger partial charge < -0.3 is 9.51 Å². The molecule has 4 rings (SSSR count). The average Bonchev–Trinajstić information content (AvgIpc) is 2.96. The Morgan fingerprint density at radius 2 is 1.89 bits per heavy atom. The van der Waals surface area contributed by atoms with Gasteiger partial charge in [-0.1, -0.05) is 24.3 Å². The van der Waals surface area contributed by atoms with Gasteiger partial charge in [0.25, 0.3) is 0 Å². The minimum atomic E-state index is -3.26. The molecule has 2 aromatic carbocycles. The number of rotatable bonds is 4. The molecule has 0 unspecified atom stereocenters. The van der Waals surface area contributed by atoms with Gasteiger partial charge in [0.1, 0.15) is 0 Å². The van der Waals surface area contributed by atoms with Crippen LogP contribution in [0, 0.1) is 6.92 Å². The highest BCUT2D eigenvalue weighted by Gasteiger charge is 2.16. The summed E-state index contributed by atoms with van der Waals surface area (Å²) in [5.41, 5.74) is 4.64. The summed E-state index contributed by atoms with van der Waals surface area (Å²) in [5, 5.41) is 10.3. The summed E-state index contributed by atoms with van der Waals surface area (Å²) in [6, 6.07) is 12.9. The van der Waals surface area contributed by atoms with E-state index in [1.807, 2.05) is 41.7 Å². The third kappa shape index (κ3) is 3.03. The monoisotopic (exact) mass is 394 g/mol. The van der Waals surface area contributed by atoms with Crippen molar-refractivity contribution in [3.63, 3.8) is 0 Å². The highest BCUT2D eigenvalue weighted by atomic mass is 32.2. The van der Waals surface area contributed by atoms with Crippen LogP contribution in [0.4, 0.5) is 0 Å². The average molecular weight is 394 g/mol. The van der Waals surface area contributed by atoms with Crippen molar-refractivity contribution in [2.45, 2.75) is 18.2 Å². The van der Waals surface area contributed by atoms with Crippen molar-refractivity contribution in [1.82, 2.24) is 9.38 Å². The second-order valence-corrected chi connectivity index (χ2v) is 8.88. The first-order valence-electron chi connectivity index (χ1n) is 8.66. The third-order valence-corrected chi connectivity index (χ3v) is 6.07.